The summed E-state index contributed by atoms with van der Waals surface area (Å²) in [4.78, 5) is 0. The van der Waals surface area contributed by atoms with Crippen molar-refractivity contribution in [3.63, 3.8) is 0 Å². The summed E-state index contributed by atoms with van der Waals surface area (Å²) in [5.41, 5.74) is 8.38. The maximum Gasteiger partial charge on any atom is 0.0399 e. The highest BCUT2D eigenvalue weighted by Gasteiger charge is 2.13. The van der Waals surface area contributed by atoms with E-state index in [0.717, 1.165) is 6.54 Å². The molecule has 0 radical (unpaired) electrons. The Morgan fingerprint density at radius 3 is 2.00 bits per heavy atom. The summed E-state index contributed by atoms with van der Waals surface area (Å²) in [6.45, 7) is 9.20. The van der Waals surface area contributed by atoms with Gasteiger partial charge in [0.1, 0.15) is 0 Å². The van der Waals surface area contributed by atoms with Crippen LogP contribution in [0.5, 0.6) is 0 Å². The molecule has 2 heteroatoms. The zero-order chi connectivity index (χ0) is 9.35. The van der Waals surface area contributed by atoms with Gasteiger partial charge in [-0.15, -0.1) is 0 Å². The fourth-order valence-corrected chi connectivity index (χ4v) is 1.36. The molecular weight excluding hydrogens is 148 g/mol. The van der Waals surface area contributed by atoms with Crippen molar-refractivity contribution in [3.8, 4) is 0 Å². The summed E-state index contributed by atoms with van der Waals surface area (Å²) >= 11 is 0. The van der Waals surface area contributed by atoms with E-state index in [-0.39, 0.29) is 5.54 Å². The first kappa shape index (κ1) is 9.33. The Morgan fingerprint density at radius 2 is 1.67 bits per heavy atom. The Balaban J connectivity index is 2.88. The largest absolute Gasteiger partial charge is 0.347 e. The number of nitrogens with zero attached hydrogens (tertiary/aromatic N) is 1. The molecule has 1 heterocycles. The maximum atomic E-state index is 5.94. The molecule has 0 aromatic carbocycles. The van der Waals surface area contributed by atoms with Crippen LogP contribution >= 0.6 is 0 Å². The normalized spacial score (nSPS) is 12.1. The van der Waals surface area contributed by atoms with E-state index >= 15 is 0 Å². The number of rotatable bonds is 2. The Kier molecular flexibility index (Phi) is 2.29. The van der Waals surface area contributed by atoms with E-state index < -0.39 is 0 Å². The minimum atomic E-state index is -0.130. The van der Waals surface area contributed by atoms with E-state index in [2.05, 4.69) is 30.5 Å². The van der Waals surface area contributed by atoms with Gasteiger partial charge in [-0.25, -0.2) is 0 Å². The van der Waals surface area contributed by atoms with Crippen LogP contribution in [0.2, 0.25) is 0 Å². The fourth-order valence-electron chi connectivity index (χ4n) is 1.36. The summed E-state index contributed by atoms with van der Waals surface area (Å²) < 4.78 is 2.25. The summed E-state index contributed by atoms with van der Waals surface area (Å²) in [7, 11) is 0. The first-order chi connectivity index (χ1) is 5.40. The lowest BCUT2D eigenvalue weighted by molar-refractivity contribution is 0.425. The molecule has 1 rings (SSSR count). The van der Waals surface area contributed by atoms with Crippen molar-refractivity contribution in [2.45, 2.75) is 39.8 Å². The standard InChI is InChI=1S/C10H18N2/c1-8-5-6-9(2)12(8)7-10(3,4)11/h5-6H,7,11H2,1-4H3. The van der Waals surface area contributed by atoms with Gasteiger partial charge in [0.25, 0.3) is 0 Å². The van der Waals surface area contributed by atoms with E-state index in [9.17, 15) is 0 Å². The lowest BCUT2D eigenvalue weighted by atomic mass is 10.1. The summed E-state index contributed by atoms with van der Waals surface area (Å²) in [6.07, 6.45) is 0. The Morgan fingerprint density at radius 1 is 1.25 bits per heavy atom. The van der Waals surface area contributed by atoms with Gasteiger partial charge in [-0.05, 0) is 39.8 Å². The monoisotopic (exact) mass is 166 g/mol. The minimum Gasteiger partial charge on any atom is -0.347 e. The predicted octanol–water partition coefficient (Wildman–Crippen LogP) is 1.84. The molecule has 0 spiro atoms. The van der Waals surface area contributed by atoms with Crippen molar-refractivity contribution in [3.05, 3.63) is 23.5 Å². The second-order valence-electron chi connectivity index (χ2n) is 4.19. The third-order valence-electron chi connectivity index (χ3n) is 1.98. The number of nitrogens with two attached hydrogens (primary N) is 1. The van der Waals surface area contributed by atoms with Crippen molar-refractivity contribution < 1.29 is 0 Å². The second-order valence-corrected chi connectivity index (χ2v) is 4.19. The van der Waals surface area contributed by atoms with Crippen LogP contribution in [0.4, 0.5) is 0 Å². The third kappa shape index (κ3) is 2.11. The molecule has 0 fully saturated rings. The smallest absolute Gasteiger partial charge is 0.0399 e. The lowest BCUT2D eigenvalue weighted by Gasteiger charge is -2.21. The highest BCUT2D eigenvalue weighted by atomic mass is 15.0. The maximum absolute atomic E-state index is 5.94. The third-order valence-corrected chi connectivity index (χ3v) is 1.98. The molecule has 0 saturated heterocycles. The zero-order valence-corrected chi connectivity index (χ0v) is 8.39. The van der Waals surface area contributed by atoms with Crippen LogP contribution < -0.4 is 5.73 Å². The highest BCUT2D eigenvalue weighted by molar-refractivity contribution is 5.14. The van der Waals surface area contributed by atoms with Crippen LogP contribution in [0, 0.1) is 13.8 Å². The van der Waals surface area contributed by atoms with Gasteiger partial charge < -0.3 is 10.3 Å². The van der Waals surface area contributed by atoms with Crippen LogP contribution in [-0.4, -0.2) is 10.1 Å². The molecule has 1 aromatic heterocycles. The first-order valence-electron chi connectivity index (χ1n) is 4.32. The zero-order valence-electron chi connectivity index (χ0n) is 8.39. The van der Waals surface area contributed by atoms with Gasteiger partial charge in [0.15, 0.2) is 0 Å². The number of hydrogen-bond acceptors (Lipinski definition) is 1. The molecule has 0 bridgehead atoms. The highest BCUT2D eigenvalue weighted by Crippen LogP contribution is 2.11. The van der Waals surface area contributed by atoms with Crippen molar-refractivity contribution in [1.82, 2.24) is 4.57 Å². The molecule has 68 valence electrons. The molecule has 1 aromatic rings. The molecule has 0 unspecified atom stereocenters. The number of hydrogen-bond donors (Lipinski definition) is 1. The average Bonchev–Trinajstić information content (AvgIpc) is 2.16. The number of aryl methyl sites for hydroxylation is 2. The van der Waals surface area contributed by atoms with Gasteiger partial charge in [-0.2, -0.15) is 0 Å². The van der Waals surface area contributed by atoms with E-state index in [4.69, 9.17) is 5.73 Å². The van der Waals surface area contributed by atoms with Gasteiger partial charge in [0.05, 0.1) is 0 Å². The van der Waals surface area contributed by atoms with Gasteiger partial charge in [0, 0.05) is 23.5 Å². The van der Waals surface area contributed by atoms with Crippen molar-refractivity contribution in [1.29, 1.82) is 0 Å². The van der Waals surface area contributed by atoms with E-state index in [1.165, 1.54) is 11.4 Å². The number of aromatic nitrogens is 1. The Bertz CT molecular complexity index is 246. The molecule has 0 aliphatic heterocycles. The fraction of sp³-hybridized carbons (Fsp3) is 0.600. The quantitative estimate of drug-likeness (QED) is 0.714. The topological polar surface area (TPSA) is 30.9 Å². The van der Waals surface area contributed by atoms with E-state index in [1.54, 1.807) is 0 Å². The van der Waals surface area contributed by atoms with Crippen molar-refractivity contribution in [2.75, 3.05) is 0 Å². The molecule has 12 heavy (non-hydrogen) atoms. The molecule has 0 aliphatic rings. The molecule has 0 atom stereocenters. The van der Waals surface area contributed by atoms with Crippen LogP contribution in [0.25, 0.3) is 0 Å². The van der Waals surface area contributed by atoms with E-state index in [0.29, 0.717) is 0 Å². The van der Waals surface area contributed by atoms with Crippen molar-refractivity contribution >= 4 is 0 Å². The van der Waals surface area contributed by atoms with Gasteiger partial charge in [-0.3, -0.25) is 0 Å². The molecule has 2 N–H and O–H groups in total. The average molecular weight is 166 g/mol. The predicted molar refractivity (Wildman–Crippen MR) is 52.2 cm³/mol. The summed E-state index contributed by atoms with van der Waals surface area (Å²) in [5, 5.41) is 0. The molecule has 0 saturated carbocycles. The van der Waals surface area contributed by atoms with Crippen LogP contribution in [0.1, 0.15) is 25.2 Å². The van der Waals surface area contributed by atoms with Gasteiger partial charge in [0.2, 0.25) is 0 Å². The first-order valence-corrected chi connectivity index (χ1v) is 4.32. The Hall–Kier alpha value is -0.760. The lowest BCUT2D eigenvalue weighted by Crippen LogP contribution is -2.37. The minimum absolute atomic E-state index is 0.130. The summed E-state index contributed by atoms with van der Waals surface area (Å²) in [5.74, 6) is 0. The SMILES string of the molecule is Cc1ccc(C)n1CC(C)(C)N. The molecule has 2 nitrogen and oxygen atoms in total. The van der Waals surface area contributed by atoms with Crippen LogP contribution in [0.15, 0.2) is 12.1 Å². The van der Waals surface area contributed by atoms with Crippen molar-refractivity contribution in [2.24, 2.45) is 5.73 Å². The van der Waals surface area contributed by atoms with Crippen LogP contribution in [-0.2, 0) is 6.54 Å². The van der Waals surface area contributed by atoms with Gasteiger partial charge in [-0.1, -0.05) is 0 Å². The van der Waals surface area contributed by atoms with Crippen LogP contribution in [0.3, 0.4) is 0 Å². The van der Waals surface area contributed by atoms with E-state index in [1.807, 2.05) is 13.8 Å². The van der Waals surface area contributed by atoms with Gasteiger partial charge >= 0.3 is 0 Å². The second kappa shape index (κ2) is 2.94. The summed E-state index contributed by atoms with van der Waals surface area (Å²) in [6, 6.07) is 4.25. The molecule has 0 aliphatic carbocycles. The molecule has 0 amide bonds. The Labute approximate surface area is 74.4 Å². The molecular formula is C10H18N2.